The molecule has 2 unspecified atom stereocenters. The molecule has 2 rings (SSSR count). The Morgan fingerprint density at radius 1 is 1.33 bits per heavy atom. The first-order chi connectivity index (χ1) is 7.35. The molecule has 82 valence electrons. The molecule has 0 bridgehead atoms. The van der Waals surface area contributed by atoms with E-state index in [2.05, 4.69) is 12.1 Å². The van der Waals surface area contributed by atoms with Crippen molar-refractivity contribution in [3.05, 3.63) is 29.8 Å². The predicted molar refractivity (Wildman–Crippen MR) is 62.1 cm³/mol. The fraction of sp³-hybridized carbons (Fsp3) is 0.538. The van der Waals surface area contributed by atoms with Crippen LogP contribution in [0, 0.1) is 5.92 Å². The largest absolute Gasteiger partial charge is 0.496 e. The molecular weight excluding hydrogens is 186 g/mol. The lowest BCUT2D eigenvalue weighted by atomic mass is 9.95. The van der Waals surface area contributed by atoms with Crippen molar-refractivity contribution in [2.75, 3.05) is 13.7 Å². The summed E-state index contributed by atoms with van der Waals surface area (Å²) in [5.41, 5.74) is 7.07. The van der Waals surface area contributed by atoms with E-state index in [-0.39, 0.29) is 0 Å². The zero-order valence-corrected chi connectivity index (χ0v) is 9.28. The van der Waals surface area contributed by atoms with Crippen molar-refractivity contribution < 1.29 is 4.74 Å². The summed E-state index contributed by atoms with van der Waals surface area (Å²) in [4.78, 5) is 0. The van der Waals surface area contributed by atoms with Gasteiger partial charge >= 0.3 is 0 Å². The van der Waals surface area contributed by atoms with E-state index in [1.807, 2.05) is 12.1 Å². The Morgan fingerprint density at radius 3 is 2.80 bits per heavy atom. The Hall–Kier alpha value is -1.02. The Labute approximate surface area is 91.4 Å². The highest BCUT2D eigenvalue weighted by atomic mass is 16.5. The second kappa shape index (κ2) is 4.67. The van der Waals surface area contributed by atoms with Crippen molar-refractivity contribution in [2.45, 2.75) is 25.2 Å². The molecule has 1 aliphatic carbocycles. The molecule has 15 heavy (non-hydrogen) atoms. The van der Waals surface area contributed by atoms with Crippen LogP contribution in [0.2, 0.25) is 0 Å². The van der Waals surface area contributed by atoms with Crippen molar-refractivity contribution in [3.8, 4) is 5.75 Å². The number of nitrogens with two attached hydrogens (primary N) is 1. The van der Waals surface area contributed by atoms with Crippen molar-refractivity contribution >= 4 is 0 Å². The first-order valence-electron chi connectivity index (χ1n) is 5.68. The first kappa shape index (κ1) is 10.5. The lowest BCUT2D eigenvalue weighted by Gasteiger charge is -2.14. The van der Waals surface area contributed by atoms with Gasteiger partial charge in [-0.15, -0.1) is 0 Å². The molecule has 1 aromatic carbocycles. The summed E-state index contributed by atoms with van der Waals surface area (Å²) in [6.07, 6.45) is 3.73. The van der Waals surface area contributed by atoms with Crippen LogP contribution in [0.15, 0.2) is 24.3 Å². The van der Waals surface area contributed by atoms with Crippen LogP contribution in [0.3, 0.4) is 0 Å². The minimum absolute atomic E-state index is 0.648. The van der Waals surface area contributed by atoms with Crippen LogP contribution < -0.4 is 10.5 Å². The second-order valence-electron chi connectivity index (χ2n) is 4.35. The van der Waals surface area contributed by atoms with E-state index in [0.717, 1.165) is 12.3 Å². The van der Waals surface area contributed by atoms with E-state index < -0.39 is 0 Å². The SMILES string of the molecule is COc1ccccc1C1CCC(CN)C1. The van der Waals surface area contributed by atoms with E-state index in [9.17, 15) is 0 Å². The summed E-state index contributed by atoms with van der Waals surface area (Å²) >= 11 is 0. The van der Waals surface area contributed by atoms with Gasteiger partial charge in [0.1, 0.15) is 5.75 Å². The van der Waals surface area contributed by atoms with Crippen molar-refractivity contribution in [3.63, 3.8) is 0 Å². The minimum Gasteiger partial charge on any atom is -0.496 e. The molecule has 0 spiro atoms. The zero-order valence-electron chi connectivity index (χ0n) is 9.28. The molecular formula is C13H19NO. The summed E-state index contributed by atoms with van der Waals surface area (Å²) in [6.45, 7) is 0.825. The molecule has 2 N–H and O–H groups in total. The van der Waals surface area contributed by atoms with Crippen LogP contribution >= 0.6 is 0 Å². The molecule has 1 aliphatic rings. The van der Waals surface area contributed by atoms with Crippen LogP contribution in [0.4, 0.5) is 0 Å². The number of hydrogen-bond acceptors (Lipinski definition) is 2. The Morgan fingerprint density at radius 2 is 2.13 bits per heavy atom. The lowest BCUT2D eigenvalue weighted by molar-refractivity contribution is 0.404. The van der Waals surface area contributed by atoms with Crippen LogP contribution in [0.25, 0.3) is 0 Å². The molecule has 2 nitrogen and oxygen atoms in total. The van der Waals surface area contributed by atoms with Gasteiger partial charge in [0.25, 0.3) is 0 Å². The normalized spacial score (nSPS) is 25.5. The summed E-state index contributed by atoms with van der Waals surface area (Å²) in [6, 6.07) is 8.35. The summed E-state index contributed by atoms with van der Waals surface area (Å²) in [5, 5.41) is 0. The quantitative estimate of drug-likeness (QED) is 0.823. The third-order valence-corrected chi connectivity index (χ3v) is 3.45. The zero-order chi connectivity index (χ0) is 10.7. The first-order valence-corrected chi connectivity index (χ1v) is 5.68. The molecule has 0 amide bonds. The summed E-state index contributed by atoms with van der Waals surface area (Å²) in [7, 11) is 1.74. The maximum atomic E-state index is 5.71. The average Bonchev–Trinajstić information content (AvgIpc) is 2.77. The third kappa shape index (κ3) is 2.15. The molecule has 1 saturated carbocycles. The van der Waals surface area contributed by atoms with Gasteiger partial charge in [-0.3, -0.25) is 0 Å². The topological polar surface area (TPSA) is 35.2 Å². The van der Waals surface area contributed by atoms with Crippen LogP contribution in [-0.2, 0) is 0 Å². The van der Waals surface area contributed by atoms with Crippen molar-refractivity contribution in [1.29, 1.82) is 0 Å². The van der Waals surface area contributed by atoms with Gasteiger partial charge in [-0.2, -0.15) is 0 Å². The number of methoxy groups -OCH3 is 1. The third-order valence-electron chi connectivity index (χ3n) is 3.45. The number of benzene rings is 1. The number of hydrogen-bond donors (Lipinski definition) is 1. The molecule has 0 aromatic heterocycles. The highest BCUT2D eigenvalue weighted by Gasteiger charge is 2.26. The Balaban J connectivity index is 2.16. The van der Waals surface area contributed by atoms with Crippen LogP contribution in [0.5, 0.6) is 5.75 Å². The van der Waals surface area contributed by atoms with E-state index >= 15 is 0 Å². The van der Waals surface area contributed by atoms with Gasteiger partial charge in [0, 0.05) is 0 Å². The maximum absolute atomic E-state index is 5.71. The van der Waals surface area contributed by atoms with Crippen LogP contribution in [0.1, 0.15) is 30.7 Å². The molecule has 0 aliphatic heterocycles. The van der Waals surface area contributed by atoms with E-state index in [4.69, 9.17) is 10.5 Å². The number of rotatable bonds is 3. The van der Waals surface area contributed by atoms with Gasteiger partial charge in [-0.1, -0.05) is 18.2 Å². The maximum Gasteiger partial charge on any atom is 0.122 e. The Bertz CT molecular complexity index is 324. The van der Waals surface area contributed by atoms with Crippen molar-refractivity contribution in [2.24, 2.45) is 11.7 Å². The minimum atomic E-state index is 0.648. The lowest BCUT2D eigenvalue weighted by Crippen LogP contribution is -2.10. The van der Waals surface area contributed by atoms with Crippen molar-refractivity contribution in [1.82, 2.24) is 0 Å². The fourth-order valence-electron chi connectivity index (χ4n) is 2.58. The summed E-state index contributed by atoms with van der Waals surface area (Å²) in [5.74, 6) is 2.38. The van der Waals surface area contributed by atoms with E-state index in [1.54, 1.807) is 7.11 Å². The van der Waals surface area contributed by atoms with Gasteiger partial charge in [0.2, 0.25) is 0 Å². The molecule has 2 atom stereocenters. The number of ether oxygens (including phenoxy) is 1. The Kier molecular flexibility index (Phi) is 3.27. The monoisotopic (exact) mass is 205 g/mol. The average molecular weight is 205 g/mol. The van der Waals surface area contributed by atoms with E-state index in [0.29, 0.717) is 11.8 Å². The van der Waals surface area contributed by atoms with E-state index in [1.165, 1.54) is 24.8 Å². The van der Waals surface area contributed by atoms with Gasteiger partial charge in [-0.05, 0) is 49.3 Å². The molecule has 0 radical (unpaired) electrons. The fourth-order valence-corrected chi connectivity index (χ4v) is 2.58. The van der Waals surface area contributed by atoms with Crippen LogP contribution in [-0.4, -0.2) is 13.7 Å². The standard InChI is InChI=1S/C13H19NO/c1-15-13-5-3-2-4-12(13)11-7-6-10(8-11)9-14/h2-5,10-11H,6-9,14H2,1H3. The molecule has 0 saturated heterocycles. The molecule has 2 heteroatoms. The summed E-state index contributed by atoms with van der Waals surface area (Å²) < 4.78 is 5.40. The van der Waals surface area contributed by atoms with Gasteiger partial charge in [0.05, 0.1) is 7.11 Å². The van der Waals surface area contributed by atoms with Gasteiger partial charge < -0.3 is 10.5 Å². The number of para-hydroxylation sites is 1. The molecule has 1 aromatic rings. The molecule has 0 heterocycles. The predicted octanol–water partition coefficient (Wildman–Crippen LogP) is 2.54. The molecule has 1 fully saturated rings. The second-order valence-corrected chi connectivity index (χ2v) is 4.35. The van der Waals surface area contributed by atoms with Gasteiger partial charge in [0.15, 0.2) is 0 Å². The van der Waals surface area contributed by atoms with Gasteiger partial charge in [-0.25, -0.2) is 0 Å². The smallest absolute Gasteiger partial charge is 0.122 e. The highest BCUT2D eigenvalue weighted by Crippen LogP contribution is 2.41. The highest BCUT2D eigenvalue weighted by molar-refractivity contribution is 5.36.